The van der Waals surface area contributed by atoms with E-state index in [4.69, 9.17) is 4.74 Å². The zero-order valence-electron chi connectivity index (χ0n) is 14.8. The summed E-state index contributed by atoms with van der Waals surface area (Å²) < 4.78 is 5.65. The van der Waals surface area contributed by atoms with Crippen molar-refractivity contribution in [2.45, 2.75) is 46.1 Å². The van der Waals surface area contributed by atoms with Crippen molar-refractivity contribution in [2.24, 2.45) is 5.92 Å². The lowest BCUT2D eigenvalue weighted by molar-refractivity contribution is 0.102. The number of ether oxygens (including phenoxy) is 1. The van der Waals surface area contributed by atoms with Crippen LogP contribution in [0.2, 0.25) is 0 Å². The van der Waals surface area contributed by atoms with Crippen molar-refractivity contribution < 1.29 is 9.53 Å². The molecule has 1 aliphatic carbocycles. The summed E-state index contributed by atoms with van der Waals surface area (Å²) in [5.74, 6) is 1.09. The average Bonchev–Trinajstić information content (AvgIpc) is 2.90. The van der Waals surface area contributed by atoms with Crippen molar-refractivity contribution in [3.8, 4) is 11.8 Å². The number of anilines is 1. The molecule has 0 saturated carbocycles. The number of nitrogens with one attached hydrogen (secondary N) is 1. The third-order valence-electron chi connectivity index (χ3n) is 4.32. The molecule has 1 amide bonds. The van der Waals surface area contributed by atoms with Gasteiger partial charge < -0.3 is 10.1 Å². The Labute approximate surface area is 152 Å². The molecule has 1 aromatic carbocycles. The van der Waals surface area contributed by atoms with Crippen LogP contribution in [0.4, 0.5) is 5.00 Å². The highest BCUT2D eigenvalue weighted by Crippen LogP contribution is 2.39. The van der Waals surface area contributed by atoms with Gasteiger partial charge in [-0.15, -0.1) is 11.3 Å². The zero-order valence-corrected chi connectivity index (χ0v) is 15.6. The first kappa shape index (κ1) is 17.5. The van der Waals surface area contributed by atoms with Crippen LogP contribution in [0.15, 0.2) is 24.3 Å². The molecule has 1 N–H and O–H groups in total. The van der Waals surface area contributed by atoms with Crippen LogP contribution in [0.3, 0.4) is 0 Å². The number of amides is 1. The van der Waals surface area contributed by atoms with Gasteiger partial charge in [0, 0.05) is 10.4 Å². The molecule has 130 valence electrons. The van der Waals surface area contributed by atoms with Crippen molar-refractivity contribution >= 4 is 22.2 Å². The number of hydrogen-bond acceptors (Lipinski definition) is 4. The molecule has 0 saturated heterocycles. The lowest BCUT2D eigenvalue weighted by Crippen LogP contribution is -2.13. The Morgan fingerprint density at radius 1 is 1.44 bits per heavy atom. The van der Waals surface area contributed by atoms with Gasteiger partial charge in [-0.3, -0.25) is 4.79 Å². The van der Waals surface area contributed by atoms with Gasteiger partial charge in [-0.05, 0) is 62.8 Å². The van der Waals surface area contributed by atoms with Crippen molar-refractivity contribution in [3.05, 3.63) is 45.8 Å². The molecule has 1 heterocycles. The molecule has 0 radical (unpaired) electrons. The van der Waals surface area contributed by atoms with E-state index in [1.807, 2.05) is 19.9 Å². The Bertz CT molecular complexity index is 833. The Kier molecular flexibility index (Phi) is 5.10. The molecule has 2 aromatic rings. The van der Waals surface area contributed by atoms with Crippen LogP contribution in [0.1, 0.15) is 53.6 Å². The van der Waals surface area contributed by atoms with E-state index < -0.39 is 0 Å². The molecule has 0 bridgehead atoms. The summed E-state index contributed by atoms with van der Waals surface area (Å²) in [6, 6.07) is 9.41. The van der Waals surface area contributed by atoms with Gasteiger partial charge in [-0.1, -0.05) is 13.0 Å². The van der Waals surface area contributed by atoms with Crippen LogP contribution in [-0.4, -0.2) is 12.0 Å². The summed E-state index contributed by atoms with van der Waals surface area (Å²) in [4.78, 5) is 13.9. The Morgan fingerprint density at radius 2 is 2.24 bits per heavy atom. The maximum absolute atomic E-state index is 12.6. The van der Waals surface area contributed by atoms with Gasteiger partial charge >= 0.3 is 0 Å². The third kappa shape index (κ3) is 3.85. The highest BCUT2D eigenvalue weighted by atomic mass is 32.1. The number of nitriles is 1. The number of fused-ring (bicyclic) bond motifs is 1. The Hall–Kier alpha value is -2.32. The maximum Gasteiger partial charge on any atom is 0.256 e. The van der Waals surface area contributed by atoms with Crippen LogP contribution in [0, 0.1) is 17.2 Å². The van der Waals surface area contributed by atoms with E-state index in [0.29, 0.717) is 27.8 Å². The van der Waals surface area contributed by atoms with Crippen LogP contribution in [0.25, 0.3) is 0 Å². The predicted molar refractivity (Wildman–Crippen MR) is 100 cm³/mol. The number of rotatable bonds is 4. The molecule has 0 spiro atoms. The number of nitrogens with zero attached hydrogens (tertiary/aromatic N) is 1. The molecule has 1 aromatic heterocycles. The molecule has 0 unspecified atom stereocenters. The SMILES string of the molecule is CC(C)Oc1cccc(C(=O)Nc2sc3c(c2C#N)CC[C@@H](C)C3)c1. The third-order valence-corrected chi connectivity index (χ3v) is 5.49. The summed E-state index contributed by atoms with van der Waals surface area (Å²) in [6.45, 7) is 6.12. The molecule has 25 heavy (non-hydrogen) atoms. The lowest BCUT2D eigenvalue weighted by Gasteiger charge is -2.17. The second-order valence-corrected chi connectivity index (χ2v) is 7.92. The van der Waals surface area contributed by atoms with Gasteiger partial charge in [-0.2, -0.15) is 5.26 Å². The van der Waals surface area contributed by atoms with Gasteiger partial charge in [0.2, 0.25) is 0 Å². The van der Waals surface area contributed by atoms with Gasteiger partial charge in [0.1, 0.15) is 16.8 Å². The van der Waals surface area contributed by atoms with Gasteiger partial charge in [0.25, 0.3) is 5.91 Å². The monoisotopic (exact) mass is 354 g/mol. The topological polar surface area (TPSA) is 62.1 Å². The Morgan fingerprint density at radius 3 is 2.96 bits per heavy atom. The van der Waals surface area contributed by atoms with E-state index >= 15 is 0 Å². The maximum atomic E-state index is 12.6. The molecular weight excluding hydrogens is 332 g/mol. The largest absolute Gasteiger partial charge is 0.491 e. The van der Waals surface area contributed by atoms with E-state index in [9.17, 15) is 10.1 Å². The minimum absolute atomic E-state index is 0.0505. The quantitative estimate of drug-likeness (QED) is 0.859. The minimum atomic E-state index is -0.211. The molecule has 5 heteroatoms. The summed E-state index contributed by atoms with van der Waals surface area (Å²) in [7, 11) is 0. The van der Waals surface area contributed by atoms with E-state index in [0.717, 1.165) is 24.8 Å². The first-order chi connectivity index (χ1) is 12.0. The lowest BCUT2D eigenvalue weighted by atomic mass is 9.88. The van der Waals surface area contributed by atoms with E-state index in [1.165, 1.54) is 4.88 Å². The first-order valence-electron chi connectivity index (χ1n) is 8.60. The second-order valence-electron chi connectivity index (χ2n) is 6.82. The first-order valence-corrected chi connectivity index (χ1v) is 9.42. The van der Waals surface area contributed by atoms with Crippen LogP contribution in [-0.2, 0) is 12.8 Å². The van der Waals surface area contributed by atoms with Gasteiger partial charge in [0.15, 0.2) is 0 Å². The average molecular weight is 354 g/mol. The predicted octanol–water partition coefficient (Wildman–Crippen LogP) is 4.78. The number of carbonyl (C=O) groups is 1. The van der Waals surface area contributed by atoms with Crippen molar-refractivity contribution in [2.75, 3.05) is 5.32 Å². The molecular formula is C20H22N2O2S. The van der Waals surface area contributed by atoms with Crippen LogP contribution >= 0.6 is 11.3 Å². The number of hydrogen-bond donors (Lipinski definition) is 1. The summed E-state index contributed by atoms with van der Waals surface area (Å²) >= 11 is 1.54. The Balaban J connectivity index is 1.83. The molecule has 0 aliphatic heterocycles. The smallest absolute Gasteiger partial charge is 0.256 e. The highest BCUT2D eigenvalue weighted by Gasteiger charge is 2.24. The standard InChI is InChI=1S/C20H22N2O2S/c1-12(2)24-15-6-4-5-14(10-15)19(23)22-20-17(11-21)16-8-7-13(3)9-18(16)25-20/h4-6,10,12-13H,7-9H2,1-3H3,(H,22,23)/t13-/m1/s1. The van der Waals surface area contributed by atoms with E-state index in [-0.39, 0.29) is 12.0 Å². The highest BCUT2D eigenvalue weighted by molar-refractivity contribution is 7.16. The number of benzene rings is 1. The van der Waals surface area contributed by atoms with Crippen LogP contribution < -0.4 is 10.1 Å². The fourth-order valence-electron chi connectivity index (χ4n) is 3.12. The minimum Gasteiger partial charge on any atom is -0.491 e. The second kappa shape index (κ2) is 7.28. The van der Waals surface area contributed by atoms with Gasteiger partial charge in [-0.25, -0.2) is 0 Å². The number of carbonyl (C=O) groups excluding carboxylic acids is 1. The molecule has 0 fully saturated rings. The van der Waals surface area contributed by atoms with Crippen LogP contribution in [0.5, 0.6) is 5.75 Å². The van der Waals surface area contributed by atoms with E-state index in [1.54, 1.807) is 29.5 Å². The fraction of sp³-hybridized carbons (Fsp3) is 0.400. The van der Waals surface area contributed by atoms with E-state index in [2.05, 4.69) is 18.3 Å². The fourth-order valence-corrected chi connectivity index (χ4v) is 4.47. The van der Waals surface area contributed by atoms with Gasteiger partial charge in [0.05, 0.1) is 11.7 Å². The molecule has 4 nitrogen and oxygen atoms in total. The molecule has 3 rings (SSSR count). The summed E-state index contributed by atoms with van der Waals surface area (Å²) in [6.07, 6.45) is 3.06. The van der Waals surface area contributed by atoms with Crippen molar-refractivity contribution in [3.63, 3.8) is 0 Å². The van der Waals surface area contributed by atoms with Crippen molar-refractivity contribution in [1.29, 1.82) is 5.26 Å². The molecule has 1 atom stereocenters. The molecule has 1 aliphatic rings. The summed E-state index contributed by atoms with van der Waals surface area (Å²) in [5.41, 5.74) is 2.29. The number of thiophene rings is 1. The van der Waals surface area contributed by atoms with Crippen molar-refractivity contribution in [1.82, 2.24) is 0 Å². The summed E-state index contributed by atoms with van der Waals surface area (Å²) in [5, 5.41) is 13.1. The normalized spacial score (nSPS) is 16.2. The zero-order chi connectivity index (χ0) is 18.0.